The molecule has 7 heteroatoms. The number of methoxy groups -OCH3 is 1. The van der Waals surface area contributed by atoms with Crippen molar-refractivity contribution < 1.29 is 14.1 Å². The van der Waals surface area contributed by atoms with Crippen LogP contribution in [-0.4, -0.2) is 42.9 Å². The molecule has 0 aromatic carbocycles. The summed E-state index contributed by atoms with van der Waals surface area (Å²) < 4.78 is 10.1. The third-order valence-corrected chi connectivity index (χ3v) is 2.63. The molecule has 1 amide bonds. The molecule has 0 fully saturated rings. The van der Waals surface area contributed by atoms with E-state index in [1.807, 2.05) is 27.7 Å². The van der Waals surface area contributed by atoms with Crippen LogP contribution in [0, 0.1) is 0 Å². The summed E-state index contributed by atoms with van der Waals surface area (Å²) in [6, 6.07) is -0.310. The van der Waals surface area contributed by atoms with Gasteiger partial charge in [-0.25, -0.2) is 0 Å². The van der Waals surface area contributed by atoms with Crippen LogP contribution in [0.5, 0.6) is 0 Å². The monoisotopic (exact) mass is 284 g/mol. The van der Waals surface area contributed by atoms with Crippen LogP contribution in [-0.2, 0) is 14.9 Å². The minimum Gasteiger partial charge on any atom is -0.383 e. The predicted molar refractivity (Wildman–Crippen MR) is 74.3 cm³/mol. The summed E-state index contributed by atoms with van der Waals surface area (Å²) >= 11 is 0. The summed E-state index contributed by atoms with van der Waals surface area (Å²) in [6.45, 7) is 9.26. The lowest BCUT2D eigenvalue weighted by atomic mass is 9.96. The molecule has 0 bridgehead atoms. The fourth-order valence-corrected chi connectivity index (χ4v) is 1.45. The van der Waals surface area contributed by atoms with Crippen molar-refractivity contribution in [2.45, 2.75) is 39.2 Å². The van der Waals surface area contributed by atoms with Crippen LogP contribution < -0.4 is 10.6 Å². The van der Waals surface area contributed by atoms with E-state index in [1.54, 1.807) is 7.11 Å². The van der Waals surface area contributed by atoms with Gasteiger partial charge < -0.3 is 19.9 Å². The molecule has 1 heterocycles. The number of aromatic nitrogens is 2. The van der Waals surface area contributed by atoms with Gasteiger partial charge >= 0.3 is 0 Å². The average molecular weight is 284 g/mol. The Kier molecular flexibility index (Phi) is 6.09. The number of ether oxygens (including phenoxy) is 1. The average Bonchev–Trinajstić information content (AvgIpc) is 2.84. The SMILES string of the molecule is COCCNCC(=O)NC(C)c1nc(C(C)(C)C)no1. The second-order valence-corrected chi connectivity index (χ2v) is 5.66. The highest BCUT2D eigenvalue weighted by Crippen LogP contribution is 2.20. The molecule has 1 rings (SSSR count). The maximum Gasteiger partial charge on any atom is 0.248 e. The molecule has 20 heavy (non-hydrogen) atoms. The number of nitrogens with one attached hydrogen (secondary N) is 2. The molecule has 0 saturated carbocycles. The van der Waals surface area contributed by atoms with Gasteiger partial charge in [-0.15, -0.1) is 0 Å². The maximum absolute atomic E-state index is 11.7. The van der Waals surface area contributed by atoms with Gasteiger partial charge in [-0.1, -0.05) is 25.9 Å². The Hall–Kier alpha value is -1.47. The van der Waals surface area contributed by atoms with E-state index in [1.165, 1.54) is 0 Å². The fraction of sp³-hybridized carbons (Fsp3) is 0.769. The molecule has 1 unspecified atom stereocenters. The maximum atomic E-state index is 11.7. The first-order valence-electron chi connectivity index (χ1n) is 6.67. The fourth-order valence-electron chi connectivity index (χ4n) is 1.45. The van der Waals surface area contributed by atoms with Crippen LogP contribution in [0.2, 0.25) is 0 Å². The Morgan fingerprint density at radius 1 is 1.45 bits per heavy atom. The van der Waals surface area contributed by atoms with Crippen molar-refractivity contribution in [3.05, 3.63) is 11.7 Å². The van der Waals surface area contributed by atoms with Gasteiger partial charge in [0.15, 0.2) is 5.82 Å². The van der Waals surface area contributed by atoms with E-state index in [0.29, 0.717) is 24.9 Å². The number of amides is 1. The normalized spacial score (nSPS) is 13.2. The zero-order valence-corrected chi connectivity index (χ0v) is 12.8. The second kappa shape index (κ2) is 7.35. The predicted octanol–water partition coefficient (Wildman–Crippen LogP) is 0.780. The summed E-state index contributed by atoms with van der Waals surface area (Å²) in [5.74, 6) is 0.927. The zero-order valence-electron chi connectivity index (χ0n) is 12.8. The van der Waals surface area contributed by atoms with E-state index in [-0.39, 0.29) is 23.9 Å². The number of hydrogen-bond donors (Lipinski definition) is 2. The molecule has 7 nitrogen and oxygen atoms in total. The van der Waals surface area contributed by atoms with Gasteiger partial charge in [0.1, 0.15) is 6.04 Å². The summed E-state index contributed by atoms with van der Waals surface area (Å²) in [4.78, 5) is 16.0. The van der Waals surface area contributed by atoms with E-state index >= 15 is 0 Å². The first-order chi connectivity index (χ1) is 9.34. The molecule has 0 aliphatic rings. The largest absolute Gasteiger partial charge is 0.383 e. The van der Waals surface area contributed by atoms with Gasteiger partial charge in [0.25, 0.3) is 0 Å². The molecular formula is C13H24N4O3. The van der Waals surface area contributed by atoms with Crippen LogP contribution >= 0.6 is 0 Å². The van der Waals surface area contributed by atoms with E-state index < -0.39 is 0 Å². The van der Waals surface area contributed by atoms with Gasteiger partial charge in [-0.3, -0.25) is 4.79 Å². The van der Waals surface area contributed by atoms with Crippen molar-refractivity contribution in [1.82, 2.24) is 20.8 Å². The highest BCUT2D eigenvalue weighted by molar-refractivity contribution is 5.78. The van der Waals surface area contributed by atoms with Gasteiger partial charge in [0.05, 0.1) is 13.2 Å². The lowest BCUT2D eigenvalue weighted by molar-refractivity contribution is -0.121. The molecular weight excluding hydrogens is 260 g/mol. The van der Waals surface area contributed by atoms with Crippen LogP contribution in [0.4, 0.5) is 0 Å². The molecule has 2 N–H and O–H groups in total. The molecule has 0 aliphatic carbocycles. The van der Waals surface area contributed by atoms with E-state index in [4.69, 9.17) is 9.26 Å². The molecule has 1 aromatic heterocycles. The molecule has 0 spiro atoms. The van der Waals surface area contributed by atoms with E-state index in [2.05, 4.69) is 20.8 Å². The zero-order chi connectivity index (χ0) is 15.2. The Bertz CT molecular complexity index is 425. The Morgan fingerprint density at radius 3 is 2.70 bits per heavy atom. The second-order valence-electron chi connectivity index (χ2n) is 5.66. The Morgan fingerprint density at radius 2 is 2.15 bits per heavy atom. The van der Waals surface area contributed by atoms with Crippen LogP contribution in [0.25, 0.3) is 0 Å². The molecule has 0 radical (unpaired) electrons. The van der Waals surface area contributed by atoms with Crippen molar-refractivity contribution >= 4 is 5.91 Å². The lowest BCUT2D eigenvalue weighted by Gasteiger charge is -2.12. The highest BCUT2D eigenvalue weighted by Gasteiger charge is 2.23. The first kappa shape index (κ1) is 16.6. The molecule has 1 aromatic rings. The number of nitrogens with zero attached hydrogens (tertiary/aromatic N) is 2. The third kappa shape index (κ3) is 5.26. The summed E-state index contributed by atoms with van der Waals surface area (Å²) in [6.07, 6.45) is 0. The molecule has 0 saturated heterocycles. The van der Waals surface area contributed by atoms with E-state index in [0.717, 1.165) is 0 Å². The van der Waals surface area contributed by atoms with Crippen molar-refractivity contribution in [2.24, 2.45) is 0 Å². The lowest BCUT2D eigenvalue weighted by Crippen LogP contribution is -2.36. The number of hydrogen-bond acceptors (Lipinski definition) is 6. The van der Waals surface area contributed by atoms with E-state index in [9.17, 15) is 4.79 Å². The number of carbonyl (C=O) groups excluding carboxylic acids is 1. The highest BCUT2D eigenvalue weighted by atomic mass is 16.5. The Labute approximate surface area is 119 Å². The van der Waals surface area contributed by atoms with Gasteiger partial charge in [0.2, 0.25) is 11.8 Å². The first-order valence-corrected chi connectivity index (χ1v) is 6.67. The smallest absolute Gasteiger partial charge is 0.248 e. The third-order valence-electron chi connectivity index (χ3n) is 2.63. The summed E-state index contributed by atoms with van der Waals surface area (Å²) in [5, 5.41) is 9.70. The summed E-state index contributed by atoms with van der Waals surface area (Å²) in [7, 11) is 1.62. The van der Waals surface area contributed by atoms with Crippen molar-refractivity contribution in [1.29, 1.82) is 0 Å². The molecule has 114 valence electrons. The van der Waals surface area contributed by atoms with Crippen molar-refractivity contribution in [3.63, 3.8) is 0 Å². The van der Waals surface area contributed by atoms with Gasteiger partial charge in [-0.2, -0.15) is 4.98 Å². The minimum atomic E-state index is -0.310. The number of rotatable bonds is 7. The van der Waals surface area contributed by atoms with Crippen molar-refractivity contribution in [3.8, 4) is 0 Å². The quantitative estimate of drug-likeness (QED) is 0.719. The topological polar surface area (TPSA) is 89.3 Å². The van der Waals surface area contributed by atoms with Crippen LogP contribution in [0.15, 0.2) is 4.52 Å². The standard InChI is InChI=1S/C13H24N4O3/c1-9(15-10(18)8-14-6-7-19-5)11-16-12(17-20-11)13(2,3)4/h9,14H,6-8H2,1-5H3,(H,15,18). The van der Waals surface area contributed by atoms with Crippen LogP contribution in [0.1, 0.15) is 45.5 Å². The molecule has 0 aliphatic heterocycles. The minimum absolute atomic E-state index is 0.121. The van der Waals surface area contributed by atoms with Gasteiger partial charge in [0, 0.05) is 19.1 Å². The van der Waals surface area contributed by atoms with Gasteiger partial charge in [-0.05, 0) is 6.92 Å². The van der Waals surface area contributed by atoms with Crippen LogP contribution in [0.3, 0.4) is 0 Å². The van der Waals surface area contributed by atoms with Crippen molar-refractivity contribution in [2.75, 3.05) is 26.8 Å². The Balaban J connectivity index is 2.44. The summed E-state index contributed by atoms with van der Waals surface area (Å²) in [5.41, 5.74) is -0.173. The molecule has 1 atom stereocenters. The number of carbonyl (C=O) groups is 1.